The van der Waals surface area contributed by atoms with Gasteiger partial charge in [0, 0.05) is 42.8 Å². The van der Waals surface area contributed by atoms with Gasteiger partial charge in [-0.2, -0.15) is 5.10 Å². The Kier molecular flexibility index (Phi) is 4.64. The molecule has 34 heavy (non-hydrogen) atoms. The predicted molar refractivity (Wildman–Crippen MR) is 113 cm³/mol. The van der Waals surface area contributed by atoms with E-state index in [0.717, 1.165) is 5.69 Å². The standard InChI is InChI=1S/C22H16F2N8O2/c23-20(24)12-2-1-6-32-16(12)8-14(30-32)19-18-13(28-11-29-18)3-7-31(19)22(33)17-10-27-21(34-17)15-9-25-4-5-26-15/h1-2,4-6,8-11,19-20H,3,7H2,(H,28,29)/t19-/m1/s1. The Morgan fingerprint density at radius 3 is 2.94 bits per heavy atom. The molecule has 1 aliphatic heterocycles. The van der Waals surface area contributed by atoms with E-state index in [1.54, 1.807) is 23.5 Å². The van der Waals surface area contributed by atoms with Crippen molar-refractivity contribution in [2.75, 3.05) is 6.54 Å². The van der Waals surface area contributed by atoms with E-state index in [9.17, 15) is 13.6 Å². The number of aromatic nitrogens is 7. The summed E-state index contributed by atoms with van der Waals surface area (Å²) >= 11 is 0. The van der Waals surface area contributed by atoms with E-state index in [1.807, 2.05) is 0 Å². The number of pyridine rings is 1. The van der Waals surface area contributed by atoms with E-state index in [0.29, 0.717) is 30.0 Å². The van der Waals surface area contributed by atoms with E-state index >= 15 is 0 Å². The molecule has 0 saturated carbocycles. The lowest BCUT2D eigenvalue weighted by molar-refractivity contribution is 0.0655. The number of H-pyrrole nitrogens is 1. The van der Waals surface area contributed by atoms with Crippen molar-refractivity contribution in [3.63, 3.8) is 0 Å². The summed E-state index contributed by atoms with van der Waals surface area (Å²) in [6.07, 6.45) is 6.86. The van der Waals surface area contributed by atoms with Gasteiger partial charge in [-0.1, -0.05) is 0 Å². The van der Waals surface area contributed by atoms with Gasteiger partial charge in [-0.25, -0.2) is 28.2 Å². The average molecular weight is 462 g/mol. The summed E-state index contributed by atoms with van der Waals surface area (Å²) in [6.45, 7) is 0.343. The van der Waals surface area contributed by atoms with Gasteiger partial charge in [0.15, 0.2) is 0 Å². The number of amides is 1. The predicted octanol–water partition coefficient (Wildman–Crippen LogP) is 3.23. The number of alkyl halides is 2. The third-order valence-electron chi connectivity index (χ3n) is 5.75. The van der Waals surface area contributed by atoms with Crippen LogP contribution in [0.4, 0.5) is 8.78 Å². The Balaban J connectivity index is 1.42. The van der Waals surface area contributed by atoms with Gasteiger partial charge in [-0.05, 0) is 18.2 Å². The van der Waals surface area contributed by atoms with E-state index in [1.165, 1.54) is 41.4 Å². The van der Waals surface area contributed by atoms with Gasteiger partial charge in [-0.15, -0.1) is 0 Å². The maximum atomic E-state index is 13.6. The van der Waals surface area contributed by atoms with Crippen LogP contribution in [0.5, 0.6) is 0 Å². The van der Waals surface area contributed by atoms with Crippen molar-refractivity contribution in [3.8, 4) is 11.6 Å². The lowest BCUT2D eigenvalue weighted by Gasteiger charge is -2.33. The fourth-order valence-corrected chi connectivity index (χ4v) is 4.21. The van der Waals surface area contributed by atoms with Crippen LogP contribution in [-0.2, 0) is 6.42 Å². The van der Waals surface area contributed by atoms with Crippen LogP contribution in [0, 0.1) is 0 Å². The number of nitrogens with one attached hydrogen (secondary N) is 1. The highest BCUT2D eigenvalue weighted by Gasteiger charge is 2.37. The van der Waals surface area contributed by atoms with Crippen LogP contribution in [0.15, 0.2) is 59.9 Å². The number of carbonyl (C=O) groups is 1. The molecule has 0 fully saturated rings. The minimum Gasteiger partial charge on any atom is -0.429 e. The Morgan fingerprint density at radius 1 is 1.21 bits per heavy atom. The van der Waals surface area contributed by atoms with Crippen molar-refractivity contribution in [2.45, 2.75) is 18.9 Å². The number of hydrogen-bond donors (Lipinski definition) is 1. The van der Waals surface area contributed by atoms with E-state index in [4.69, 9.17) is 4.42 Å². The zero-order chi connectivity index (χ0) is 23.2. The summed E-state index contributed by atoms with van der Waals surface area (Å²) in [6, 6.07) is 3.75. The third-order valence-corrected chi connectivity index (χ3v) is 5.75. The lowest BCUT2D eigenvalue weighted by Crippen LogP contribution is -2.40. The summed E-state index contributed by atoms with van der Waals surface area (Å²) in [5, 5.41) is 4.51. The molecule has 10 nitrogen and oxygen atoms in total. The molecule has 0 spiro atoms. The second-order valence-electron chi connectivity index (χ2n) is 7.70. The molecule has 0 radical (unpaired) electrons. The number of carbonyl (C=O) groups excluding carboxylic acids is 1. The Morgan fingerprint density at radius 2 is 2.12 bits per heavy atom. The van der Waals surface area contributed by atoms with Crippen molar-refractivity contribution >= 4 is 11.4 Å². The summed E-state index contributed by atoms with van der Waals surface area (Å²) in [7, 11) is 0. The van der Waals surface area contributed by atoms with Gasteiger partial charge in [0.05, 0.1) is 35.6 Å². The van der Waals surface area contributed by atoms with Crippen LogP contribution < -0.4 is 0 Å². The summed E-state index contributed by atoms with van der Waals surface area (Å²) in [5.41, 5.74) is 2.41. The molecule has 170 valence electrons. The molecule has 6 heterocycles. The van der Waals surface area contributed by atoms with Crippen LogP contribution in [0.3, 0.4) is 0 Å². The molecular formula is C22H16F2N8O2. The highest BCUT2D eigenvalue weighted by atomic mass is 19.3. The SMILES string of the molecule is O=C(c1cnc(-c2cnccn2)o1)N1CCc2[nH]cnc2[C@H]1c1cc2c(C(F)F)cccn2n1. The molecule has 0 bridgehead atoms. The van der Waals surface area contributed by atoms with E-state index < -0.39 is 18.4 Å². The molecular weight excluding hydrogens is 446 g/mol. The maximum Gasteiger partial charge on any atom is 0.292 e. The number of halogens is 2. The second-order valence-corrected chi connectivity index (χ2v) is 7.70. The van der Waals surface area contributed by atoms with Crippen LogP contribution in [0.1, 0.15) is 45.7 Å². The van der Waals surface area contributed by atoms with Crippen molar-refractivity contribution in [1.29, 1.82) is 0 Å². The summed E-state index contributed by atoms with van der Waals surface area (Å²) < 4.78 is 34.2. The first kappa shape index (κ1) is 20.1. The molecule has 1 atom stereocenters. The molecule has 12 heteroatoms. The molecule has 6 rings (SSSR count). The van der Waals surface area contributed by atoms with Gasteiger partial charge >= 0.3 is 0 Å². The van der Waals surface area contributed by atoms with Gasteiger partial charge in [-0.3, -0.25) is 9.78 Å². The normalized spacial score (nSPS) is 15.7. The molecule has 5 aromatic rings. The number of nitrogens with zero attached hydrogens (tertiary/aromatic N) is 7. The minimum absolute atomic E-state index is 0.0154. The number of oxazole rings is 1. The monoisotopic (exact) mass is 462 g/mol. The minimum atomic E-state index is -2.66. The number of rotatable bonds is 4. The lowest BCUT2D eigenvalue weighted by atomic mass is 9.99. The Bertz CT molecular complexity index is 1490. The third kappa shape index (κ3) is 3.22. The van der Waals surface area contributed by atoms with Crippen LogP contribution in [-0.4, -0.2) is 51.9 Å². The van der Waals surface area contributed by atoms with Crippen molar-refractivity contribution in [3.05, 3.63) is 83.9 Å². The van der Waals surface area contributed by atoms with Crippen molar-refractivity contribution in [2.24, 2.45) is 0 Å². The molecule has 1 aliphatic rings. The second kappa shape index (κ2) is 7.83. The molecule has 1 amide bonds. The first-order valence-corrected chi connectivity index (χ1v) is 10.4. The number of hydrogen-bond acceptors (Lipinski definition) is 7. The summed E-state index contributed by atoms with van der Waals surface area (Å²) in [5.74, 6) is -0.242. The maximum absolute atomic E-state index is 13.6. The summed E-state index contributed by atoms with van der Waals surface area (Å²) in [4.78, 5) is 34.9. The average Bonchev–Trinajstić information content (AvgIpc) is 3.62. The highest BCUT2D eigenvalue weighted by molar-refractivity contribution is 5.92. The first-order chi connectivity index (χ1) is 16.6. The number of fused-ring (bicyclic) bond motifs is 2. The van der Waals surface area contributed by atoms with Gasteiger partial charge in [0.1, 0.15) is 11.7 Å². The smallest absolute Gasteiger partial charge is 0.292 e. The topological polar surface area (TPSA) is 118 Å². The van der Waals surface area contributed by atoms with E-state index in [-0.39, 0.29) is 22.7 Å². The zero-order valence-electron chi connectivity index (χ0n) is 17.5. The Hall–Kier alpha value is -4.48. The first-order valence-electron chi connectivity index (χ1n) is 10.4. The number of imidazole rings is 1. The van der Waals surface area contributed by atoms with Crippen molar-refractivity contribution in [1.82, 2.24) is 39.4 Å². The largest absolute Gasteiger partial charge is 0.429 e. The van der Waals surface area contributed by atoms with Crippen LogP contribution in [0.2, 0.25) is 0 Å². The van der Waals surface area contributed by atoms with Crippen LogP contribution >= 0.6 is 0 Å². The quantitative estimate of drug-likeness (QED) is 0.436. The van der Waals surface area contributed by atoms with Crippen molar-refractivity contribution < 1.29 is 18.0 Å². The van der Waals surface area contributed by atoms with Gasteiger partial charge in [0.2, 0.25) is 11.7 Å². The van der Waals surface area contributed by atoms with E-state index in [2.05, 4.69) is 30.0 Å². The zero-order valence-corrected chi connectivity index (χ0v) is 17.5. The molecule has 0 unspecified atom stereocenters. The van der Waals surface area contributed by atoms with Crippen LogP contribution in [0.25, 0.3) is 17.1 Å². The van der Waals surface area contributed by atoms with Gasteiger partial charge < -0.3 is 14.3 Å². The Labute approximate surface area is 190 Å². The molecule has 0 aliphatic carbocycles. The van der Waals surface area contributed by atoms with Gasteiger partial charge in [0.25, 0.3) is 12.3 Å². The number of aromatic amines is 1. The molecule has 0 saturated heterocycles. The molecule has 0 aromatic carbocycles. The fourth-order valence-electron chi connectivity index (χ4n) is 4.21. The molecule has 1 N–H and O–H groups in total. The highest BCUT2D eigenvalue weighted by Crippen LogP contribution is 2.35. The fraction of sp³-hybridized carbons (Fsp3) is 0.182. The molecule has 5 aromatic heterocycles.